The van der Waals surface area contributed by atoms with E-state index in [1.54, 1.807) is 0 Å². The maximum absolute atomic E-state index is 5.38. The third-order valence-electron chi connectivity index (χ3n) is 2.77. The summed E-state index contributed by atoms with van der Waals surface area (Å²) in [7, 11) is 0. The smallest absolute Gasteiger partial charge is 0.108 e. The van der Waals surface area contributed by atoms with Gasteiger partial charge in [0.05, 0.1) is 6.61 Å². The van der Waals surface area contributed by atoms with E-state index in [2.05, 4.69) is 69.9 Å². The molecule has 1 aromatic rings. The summed E-state index contributed by atoms with van der Waals surface area (Å²) in [5.41, 5.74) is 2.57. The van der Waals surface area contributed by atoms with Crippen molar-refractivity contribution < 1.29 is 4.74 Å². The van der Waals surface area contributed by atoms with E-state index in [0.717, 1.165) is 12.0 Å². The highest BCUT2D eigenvalue weighted by molar-refractivity contribution is 5.37. The first kappa shape index (κ1) is 15.5. The predicted octanol–water partition coefficient (Wildman–Crippen LogP) is 4.32. The largest absolute Gasteiger partial charge is 0.365 e. The molecule has 0 aromatic heterocycles. The van der Waals surface area contributed by atoms with E-state index in [-0.39, 0.29) is 5.41 Å². The Morgan fingerprint density at radius 2 is 1.79 bits per heavy atom. The first-order valence-electron chi connectivity index (χ1n) is 6.86. The molecule has 1 rings (SSSR count). The van der Waals surface area contributed by atoms with Crippen molar-refractivity contribution in [2.24, 2.45) is 0 Å². The van der Waals surface area contributed by atoms with Gasteiger partial charge in [-0.1, -0.05) is 63.8 Å². The van der Waals surface area contributed by atoms with Crippen LogP contribution in [-0.4, -0.2) is 13.2 Å². The summed E-state index contributed by atoms with van der Waals surface area (Å²) < 4.78 is 5.38. The summed E-state index contributed by atoms with van der Waals surface area (Å²) in [5, 5.41) is 0. The zero-order chi connectivity index (χ0) is 14.1. The van der Waals surface area contributed by atoms with Crippen molar-refractivity contribution in [1.82, 2.24) is 0 Å². The van der Waals surface area contributed by atoms with E-state index in [4.69, 9.17) is 4.74 Å². The van der Waals surface area contributed by atoms with E-state index in [9.17, 15) is 0 Å². The summed E-state index contributed by atoms with van der Waals surface area (Å²) >= 11 is 0. The van der Waals surface area contributed by atoms with E-state index >= 15 is 0 Å². The number of hydrogen-bond acceptors (Lipinski definition) is 1. The topological polar surface area (TPSA) is 9.23 Å². The lowest BCUT2D eigenvalue weighted by Crippen LogP contribution is -2.10. The van der Waals surface area contributed by atoms with Crippen LogP contribution in [0.1, 0.15) is 45.2 Å². The number of ether oxygens (including phenoxy) is 1. The van der Waals surface area contributed by atoms with Crippen molar-refractivity contribution in [2.45, 2.75) is 39.5 Å². The second kappa shape index (κ2) is 7.81. The van der Waals surface area contributed by atoms with Gasteiger partial charge in [-0.3, -0.25) is 0 Å². The fraction of sp³-hybridized carbons (Fsp3) is 0.444. The monoisotopic (exact) mass is 256 g/mol. The molecule has 0 N–H and O–H groups in total. The highest BCUT2D eigenvalue weighted by atomic mass is 16.5. The van der Waals surface area contributed by atoms with Gasteiger partial charge < -0.3 is 4.74 Å². The molecule has 0 radical (unpaired) electrons. The average molecular weight is 256 g/mol. The molecule has 0 aliphatic rings. The molecular formula is C18H24O. The van der Waals surface area contributed by atoms with Crippen LogP contribution in [0.5, 0.6) is 0 Å². The molecule has 0 amide bonds. The molecule has 1 aromatic carbocycles. The summed E-state index contributed by atoms with van der Waals surface area (Å²) in [6.45, 7) is 9.88. The van der Waals surface area contributed by atoms with Gasteiger partial charge in [0, 0.05) is 5.56 Å². The van der Waals surface area contributed by atoms with Gasteiger partial charge in [0.15, 0.2) is 0 Å². The van der Waals surface area contributed by atoms with Gasteiger partial charge in [-0.15, -0.1) is 0 Å². The van der Waals surface area contributed by atoms with Crippen LogP contribution < -0.4 is 0 Å². The van der Waals surface area contributed by atoms with Crippen molar-refractivity contribution in [2.75, 3.05) is 13.2 Å². The Bertz CT molecular complexity index is 449. The number of benzene rings is 1. The molecule has 1 nitrogen and oxygen atoms in total. The van der Waals surface area contributed by atoms with Crippen LogP contribution in [0.2, 0.25) is 0 Å². The van der Waals surface area contributed by atoms with Crippen molar-refractivity contribution in [3.8, 4) is 11.8 Å². The second-order valence-corrected chi connectivity index (χ2v) is 5.52. The highest BCUT2D eigenvalue weighted by Crippen LogP contribution is 2.21. The van der Waals surface area contributed by atoms with Gasteiger partial charge in [-0.05, 0) is 29.5 Å². The zero-order valence-electron chi connectivity index (χ0n) is 12.5. The zero-order valence-corrected chi connectivity index (χ0v) is 12.5. The maximum atomic E-state index is 5.38. The molecule has 0 aliphatic carbocycles. The third-order valence-corrected chi connectivity index (χ3v) is 2.77. The van der Waals surface area contributed by atoms with Crippen LogP contribution in [-0.2, 0) is 10.2 Å². The normalized spacial score (nSPS) is 11.4. The Morgan fingerprint density at radius 3 is 2.37 bits per heavy atom. The van der Waals surface area contributed by atoms with Crippen LogP contribution in [0.4, 0.5) is 0 Å². The molecule has 0 spiro atoms. The van der Waals surface area contributed by atoms with Crippen molar-refractivity contribution >= 4 is 0 Å². The fourth-order valence-corrected chi connectivity index (χ4v) is 1.60. The van der Waals surface area contributed by atoms with E-state index < -0.39 is 0 Å². The van der Waals surface area contributed by atoms with E-state index in [1.165, 1.54) is 5.56 Å². The van der Waals surface area contributed by atoms with Gasteiger partial charge in [0.25, 0.3) is 0 Å². The SMILES string of the molecule is CC/C=C\COCC#Cc1ccc(C(C)(C)C)cc1. The Hall–Kier alpha value is -1.52. The Labute approximate surface area is 117 Å². The molecule has 0 saturated heterocycles. The van der Waals surface area contributed by atoms with Crippen LogP contribution >= 0.6 is 0 Å². The molecule has 19 heavy (non-hydrogen) atoms. The quantitative estimate of drug-likeness (QED) is 0.443. The molecule has 0 atom stereocenters. The summed E-state index contributed by atoms with van der Waals surface area (Å²) in [5.74, 6) is 6.15. The fourth-order valence-electron chi connectivity index (χ4n) is 1.60. The van der Waals surface area contributed by atoms with Crippen molar-refractivity contribution in [1.29, 1.82) is 0 Å². The first-order chi connectivity index (χ1) is 9.04. The predicted molar refractivity (Wildman–Crippen MR) is 82.3 cm³/mol. The van der Waals surface area contributed by atoms with E-state index in [1.807, 2.05) is 6.08 Å². The Balaban J connectivity index is 2.44. The summed E-state index contributed by atoms with van der Waals surface area (Å²) in [6, 6.07) is 8.44. The summed E-state index contributed by atoms with van der Waals surface area (Å²) in [6.07, 6.45) is 5.17. The minimum atomic E-state index is 0.195. The number of allylic oxidation sites excluding steroid dienone is 1. The Morgan fingerprint density at radius 1 is 1.11 bits per heavy atom. The van der Waals surface area contributed by atoms with Crippen molar-refractivity contribution in [3.63, 3.8) is 0 Å². The van der Waals surface area contributed by atoms with Crippen LogP contribution in [0.3, 0.4) is 0 Å². The molecule has 0 saturated carbocycles. The lowest BCUT2D eigenvalue weighted by Gasteiger charge is -2.18. The molecule has 1 heteroatoms. The lowest BCUT2D eigenvalue weighted by molar-refractivity contribution is 0.199. The van der Waals surface area contributed by atoms with Crippen LogP contribution in [0.25, 0.3) is 0 Å². The highest BCUT2D eigenvalue weighted by Gasteiger charge is 2.12. The molecule has 0 bridgehead atoms. The first-order valence-corrected chi connectivity index (χ1v) is 6.86. The Kier molecular flexibility index (Phi) is 6.39. The van der Waals surface area contributed by atoms with E-state index in [0.29, 0.717) is 13.2 Å². The van der Waals surface area contributed by atoms with Crippen LogP contribution in [0, 0.1) is 11.8 Å². The maximum Gasteiger partial charge on any atom is 0.108 e. The molecule has 0 heterocycles. The molecule has 0 aliphatic heterocycles. The van der Waals surface area contributed by atoms with Gasteiger partial charge >= 0.3 is 0 Å². The molecule has 102 valence electrons. The van der Waals surface area contributed by atoms with Crippen molar-refractivity contribution in [3.05, 3.63) is 47.5 Å². The average Bonchev–Trinajstić information content (AvgIpc) is 2.37. The third kappa shape index (κ3) is 6.27. The second-order valence-electron chi connectivity index (χ2n) is 5.52. The van der Waals surface area contributed by atoms with Gasteiger partial charge in [0.1, 0.15) is 6.61 Å². The minimum absolute atomic E-state index is 0.195. The van der Waals surface area contributed by atoms with Gasteiger partial charge in [0.2, 0.25) is 0 Å². The minimum Gasteiger partial charge on any atom is -0.365 e. The number of rotatable bonds is 4. The molecular weight excluding hydrogens is 232 g/mol. The van der Waals surface area contributed by atoms with Gasteiger partial charge in [-0.25, -0.2) is 0 Å². The molecule has 0 fully saturated rings. The van der Waals surface area contributed by atoms with Crippen LogP contribution in [0.15, 0.2) is 36.4 Å². The standard InChI is InChI=1S/C18H24O/c1-5-6-7-14-19-15-8-9-16-10-12-17(13-11-16)18(2,3)4/h6-7,10-13H,5,14-15H2,1-4H3/b7-6-. The summed E-state index contributed by atoms with van der Waals surface area (Å²) in [4.78, 5) is 0. The van der Waals surface area contributed by atoms with Gasteiger partial charge in [-0.2, -0.15) is 0 Å². The molecule has 0 unspecified atom stereocenters. The number of hydrogen-bond donors (Lipinski definition) is 0. The lowest BCUT2D eigenvalue weighted by atomic mass is 9.87.